The number of carbonyl (C=O) groups is 3. The molecule has 5 heteroatoms. The molecular weight excluding hydrogens is 306 g/mol. The van der Waals surface area contributed by atoms with E-state index in [4.69, 9.17) is 4.84 Å². The maximum Gasteiger partial charge on any atom is 0.334 e. The van der Waals surface area contributed by atoms with Gasteiger partial charge in [0.05, 0.1) is 6.42 Å². The van der Waals surface area contributed by atoms with Crippen molar-refractivity contribution in [1.82, 2.24) is 5.06 Å². The first-order chi connectivity index (χ1) is 11.6. The molecule has 5 nitrogen and oxygen atoms in total. The summed E-state index contributed by atoms with van der Waals surface area (Å²) in [5, 5.41) is 0.606. The Morgan fingerprint density at radius 1 is 0.917 bits per heavy atom. The number of amides is 2. The topological polar surface area (TPSA) is 63.7 Å². The van der Waals surface area contributed by atoms with Crippen LogP contribution < -0.4 is 0 Å². The minimum absolute atomic E-state index is 0.0884. The third-order valence-electron chi connectivity index (χ3n) is 4.53. The van der Waals surface area contributed by atoms with E-state index in [-0.39, 0.29) is 25.2 Å². The Kier molecular flexibility index (Phi) is 3.41. The maximum absolute atomic E-state index is 12.3. The summed E-state index contributed by atoms with van der Waals surface area (Å²) < 4.78 is 0. The van der Waals surface area contributed by atoms with E-state index in [9.17, 15) is 14.4 Å². The second-order valence-corrected chi connectivity index (χ2v) is 5.98. The van der Waals surface area contributed by atoms with E-state index < -0.39 is 17.8 Å². The third-order valence-corrected chi connectivity index (χ3v) is 4.53. The highest BCUT2D eigenvalue weighted by atomic mass is 16.7. The molecule has 0 atom stereocenters. The second kappa shape index (κ2) is 5.60. The van der Waals surface area contributed by atoms with Crippen LogP contribution >= 0.6 is 0 Å². The molecule has 1 fully saturated rings. The van der Waals surface area contributed by atoms with E-state index in [0.717, 1.165) is 22.3 Å². The van der Waals surface area contributed by atoms with Crippen molar-refractivity contribution in [2.75, 3.05) is 0 Å². The number of carbonyl (C=O) groups excluding carboxylic acids is 3. The van der Waals surface area contributed by atoms with E-state index in [0.29, 0.717) is 5.06 Å². The van der Waals surface area contributed by atoms with Crippen LogP contribution in [0.5, 0.6) is 0 Å². The van der Waals surface area contributed by atoms with E-state index in [1.165, 1.54) is 0 Å². The average molecular weight is 321 g/mol. The smallest absolute Gasteiger partial charge is 0.330 e. The number of imide groups is 1. The van der Waals surface area contributed by atoms with Crippen LogP contribution in [-0.2, 0) is 19.2 Å². The van der Waals surface area contributed by atoms with Crippen LogP contribution in [0.15, 0.2) is 48.5 Å². The summed E-state index contributed by atoms with van der Waals surface area (Å²) in [6.07, 6.45) is 0.285. The van der Waals surface area contributed by atoms with Crippen molar-refractivity contribution in [3.05, 3.63) is 59.7 Å². The Balaban J connectivity index is 1.59. The van der Waals surface area contributed by atoms with Gasteiger partial charge < -0.3 is 4.84 Å². The first kappa shape index (κ1) is 14.6. The highest BCUT2D eigenvalue weighted by molar-refractivity contribution is 6.01. The highest BCUT2D eigenvalue weighted by Gasteiger charge is 2.35. The maximum atomic E-state index is 12.3. The summed E-state index contributed by atoms with van der Waals surface area (Å²) >= 11 is 0. The van der Waals surface area contributed by atoms with Crippen LogP contribution in [0.3, 0.4) is 0 Å². The van der Waals surface area contributed by atoms with Crippen LogP contribution in [0, 0.1) is 0 Å². The standard InChI is InChI=1S/C19H15NO4/c21-17-9-10-18(22)20(17)24-19(23)11-16-14-7-3-1-5-12(14)13-6-2-4-8-15(13)16/h1-8,16H,9-11H2. The van der Waals surface area contributed by atoms with Crippen LogP contribution in [0.2, 0.25) is 0 Å². The van der Waals surface area contributed by atoms with E-state index in [2.05, 4.69) is 0 Å². The Hall–Kier alpha value is -2.95. The normalized spacial score (nSPS) is 16.2. The Morgan fingerprint density at radius 3 is 1.96 bits per heavy atom. The summed E-state index contributed by atoms with van der Waals surface area (Å²) in [5.41, 5.74) is 4.35. The van der Waals surface area contributed by atoms with Gasteiger partial charge in [0.25, 0.3) is 11.8 Å². The largest absolute Gasteiger partial charge is 0.334 e. The van der Waals surface area contributed by atoms with Gasteiger partial charge in [0, 0.05) is 18.8 Å². The Labute approximate surface area is 138 Å². The number of hydroxylamine groups is 2. The molecule has 2 aromatic rings. The molecule has 4 rings (SSSR count). The number of hydrogen-bond acceptors (Lipinski definition) is 4. The number of fused-ring (bicyclic) bond motifs is 3. The molecule has 2 aliphatic rings. The summed E-state index contributed by atoms with van der Waals surface area (Å²) in [6.45, 7) is 0. The number of nitrogens with zero attached hydrogens (tertiary/aromatic N) is 1. The molecule has 0 saturated carbocycles. The van der Waals surface area contributed by atoms with Gasteiger partial charge in [-0.05, 0) is 22.3 Å². The van der Waals surface area contributed by atoms with Crippen LogP contribution in [0.25, 0.3) is 11.1 Å². The van der Waals surface area contributed by atoms with Gasteiger partial charge >= 0.3 is 5.97 Å². The van der Waals surface area contributed by atoms with Gasteiger partial charge in [-0.15, -0.1) is 5.06 Å². The number of hydrogen-bond donors (Lipinski definition) is 0. The van der Waals surface area contributed by atoms with Gasteiger partial charge in [-0.1, -0.05) is 48.5 Å². The molecule has 24 heavy (non-hydrogen) atoms. The van der Waals surface area contributed by atoms with Crippen LogP contribution in [-0.4, -0.2) is 22.8 Å². The lowest BCUT2D eigenvalue weighted by Gasteiger charge is -2.16. The van der Waals surface area contributed by atoms with Crippen LogP contribution in [0.4, 0.5) is 0 Å². The van der Waals surface area contributed by atoms with Gasteiger partial charge in [-0.25, -0.2) is 4.79 Å². The van der Waals surface area contributed by atoms with Crippen LogP contribution in [0.1, 0.15) is 36.3 Å². The zero-order valence-corrected chi connectivity index (χ0v) is 12.9. The summed E-state index contributed by atoms with van der Waals surface area (Å²) in [4.78, 5) is 40.5. The summed E-state index contributed by atoms with van der Waals surface area (Å²) in [7, 11) is 0. The Morgan fingerprint density at radius 2 is 1.42 bits per heavy atom. The first-order valence-electron chi connectivity index (χ1n) is 7.90. The lowest BCUT2D eigenvalue weighted by atomic mass is 9.94. The number of benzene rings is 2. The minimum Gasteiger partial charge on any atom is -0.330 e. The molecule has 1 saturated heterocycles. The number of rotatable bonds is 3. The molecule has 0 radical (unpaired) electrons. The molecule has 0 bridgehead atoms. The zero-order chi connectivity index (χ0) is 16.7. The molecule has 0 N–H and O–H groups in total. The quantitative estimate of drug-likeness (QED) is 0.816. The van der Waals surface area contributed by atoms with Gasteiger partial charge in [0.2, 0.25) is 0 Å². The van der Waals surface area contributed by atoms with Crippen molar-refractivity contribution in [3.63, 3.8) is 0 Å². The molecule has 0 aromatic heterocycles. The van der Waals surface area contributed by atoms with Crippen molar-refractivity contribution in [1.29, 1.82) is 0 Å². The summed E-state index contributed by atoms with van der Waals surface area (Å²) in [5.74, 6) is -1.62. The van der Waals surface area contributed by atoms with Crippen molar-refractivity contribution in [2.45, 2.75) is 25.2 Å². The van der Waals surface area contributed by atoms with Gasteiger partial charge in [0.15, 0.2) is 0 Å². The molecular formula is C19H15NO4. The van der Waals surface area contributed by atoms with Gasteiger partial charge in [-0.3, -0.25) is 9.59 Å². The predicted octanol–water partition coefficient (Wildman–Crippen LogP) is 2.80. The van der Waals surface area contributed by atoms with Crippen molar-refractivity contribution in [2.24, 2.45) is 0 Å². The van der Waals surface area contributed by atoms with Gasteiger partial charge in [-0.2, -0.15) is 0 Å². The fraction of sp³-hybridized carbons (Fsp3) is 0.211. The molecule has 120 valence electrons. The monoisotopic (exact) mass is 321 g/mol. The highest BCUT2D eigenvalue weighted by Crippen LogP contribution is 2.46. The van der Waals surface area contributed by atoms with E-state index >= 15 is 0 Å². The lowest BCUT2D eigenvalue weighted by molar-refractivity contribution is -0.197. The fourth-order valence-corrected chi connectivity index (χ4v) is 3.44. The predicted molar refractivity (Wildman–Crippen MR) is 85.5 cm³/mol. The second-order valence-electron chi connectivity index (χ2n) is 5.98. The molecule has 2 amide bonds. The molecule has 1 aliphatic heterocycles. The third kappa shape index (κ3) is 2.29. The fourth-order valence-electron chi connectivity index (χ4n) is 3.44. The minimum atomic E-state index is -0.574. The molecule has 2 aromatic carbocycles. The van der Waals surface area contributed by atoms with Crippen molar-refractivity contribution in [3.8, 4) is 11.1 Å². The zero-order valence-electron chi connectivity index (χ0n) is 12.9. The summed E-state index contributed by atoms with van der Waals surface area (Å²) in [6, 6.07) is 15.9. The SMILES string of the molecule is O=C(CC1c2ccccc2-c2ccccc21)ON1C(=O)CCC1=O. The molecule has 1 heterocycles. The van der Waals surface area contributed by atoms with E-state index in [1.54, 1.807) is 0 Å². The van der Waals surface area contributed by atoms with Crippen molar-refractivity contribution < 1.29 is 19.2 Å². The molecule has 1 aliphatic carbocycles. The average Bonchev–Trinajstić information content (AvgIpc) is 3.08. The van der Waals surface area contributed by atoms with Crippen molar-refractivity contribution >= 4 is 17.8 Å². The Bertz CT molecular complexity index is 796. The molecule has 0 unspecified atom stereocenters. The molecule has 0 spiro atoms. The van der Waals surface area contributed by atoms with Gasteiger partial charge in [0.1, 0.15) is 0 Å². The first-order valence-corrected chi connectivity index (χ1v) is 7.90. The lowest BCUT2D eigenvalue weighted by Crippen LogP contribution is -2.32. The van der Waals surface area contributed by atoms with E-state index in [1.807, 2.05) is 48.5 Å².